The van der Waals surface area contributed by atoms with Gasteiger partial charge < -0.3 is 9.32 Å². The van der Waals surface area contributed by atoms with Gasteiger partial charge in [0.2, 0.25) is 0 Å². The van der Waals surface area contributed by atoms with Crippen molar-refractivity contribution in [1.82, 2.24) is 9.88 Å². The molecule has 0 aliphatic carbocycles. The van der Waals surface area contributed by atoms with Crippen molar-refractivity contribution >= 4 is 28.6 Å². The lowest BCUT2D eigenvalue weighted by Gasteiger charge is -2.30. The Kier molecular flexibility index (Phi) is 6.30. The minimum atomic E-state index is -0.482. The molecule has 0 radical (unpaired) electrons. The summed E-state index contributed by atoms with van der Waals surface area (Å²) in [6, 6.07) is 15.9. The van der Waals surface area contributed by atoms with Crippen LogP contribution in [0.4, 0.5) is 11.4 Å². The quantitative estimate of drug-likeness (QED) is 0.235. The highest BCUT2D eigenvalue weighted by molar-refractivity contribution is 7.10. The first-order valence-electron chi connectivity index (χ1n) is 11.2. The van der Waals surface area contributed by atoms with Crippen LogP contribution in [0.25, 0.3) is 22.6 Å². The number of furan rings is 1. The number of aromatic nitrogens is 1. The zero-order chi connectivity index (χ0) is 25.2. The van der Waals surface area contributed by atoms with Crippen molar-refractivity contribution in [2.24, 2.45) is 0 Å². The summed E-state index contributed by atoms with van der Waals surface area (Å²) >= 11 is 1.47. The zero-order valence-electron chi connectivity index (χ0n) is 18.9. The first-order chi connectivity index (χ1) is 17.4. The van der Waals surface area contributed by atoms with Crippen LogP contribution in [0.2, 0.25) is 0 Å². The van der Waals surface area contributed by atoms with Gasteiger partial charge in [-0.2, -0.15) is 0 Å². The van der Waals surface area contributed by atoms with E-state index in [2.05, 4.69) is 4.98 Å². The summed E-state index contributed by atoms with van der Waals surface area (Å²) in [6.45, 7) is 1.01. The van der Waals surface area contributed by atoms with Gasteiger partial charge in [0.1, 0.15) is 5.76 Å². The number of nitrogens with zero attached hydrogens (tertiary/aromatic N) is 4. The average molecular weight is 505 g/mol. The zero-order valence-corrected chi connectivity index (χ0v) is 19.7. The van der Waals surface area contributed by atoms with Crippen LogP contribution in [0.15, 0.2) is 70.5 Å². The van der Waals surface area contributed by atoms with Crippen LogP contribution >= 0.6 is 11.3 Å². The Balaban J connectivity index is 1.26. The van der Waals surface area contributed by atoms with Gasteiger partial charge in [-0.15, -0.1) is 11.3 Å². The number of carbonyl (C=O) groups is 1. The van der Waals surface area contributed by atoms with Gasteiger partial charge in [0, 0.05) is 36.5 Å². The van der Waals surface area contributed by atoms with Crippen LogP contribution in [-0.4, -0.2) is 38.7 Å². The van der Waals surface area contributed by atoms with Crippen LogP contribution in [-0.2, 0) is 0 Å². The van der Waals surface area contributed by atoms with Crippen LogP contribution in [0, 0.1) is 20.2 Å². The molecule has 1 aliphatic heterocycles. The van der Waals surface area contributed by atoms with E-state index in [-0.39, 0.29) is 34.7 Å². The molecule has 1 fully saturated rings. The number of benzene rings is 2. The summed E-state index contributed by atoms with van der Waals surface area (Å²) in [6.07, 6.45) is 1.40. The number of rotatable bonds is 6. The molecule has 2 aromatic heterocycles. The van der Waals surface area contributed by atoms with E-state index in [4.69, 9.17) is 4.42 Å². The fourth-order valence-electron chi connectivity index (χ4n) is 4.37. The largest absolute Gasteiger partial charge is 0.451 e. The molecule has 5 rings (SSSR count). The van der Waals surface area contributed by atoms with E-state index in [1.54, 1.807) is 53.4 Å². The van der Waals surface area contributed by atoms with Crippen molar-refractivity contribution in [3.05, 3.63) is 97.0 Å². The molecule has 0 spiro atoms. The van der Waals surface area contributed by atoms with E-state index in [0.29, 0.717) is 42.8 Å². The lowest BCUT2D eigenvalue weighted by Crippen LogP contribution is -2.37. The SMILES string of the molecule is O=C(c1ccc(-c2ccccc2[N+](=O)[O-])o1)N1CCC(c2nc(-c3ccccc3[N+](=O)[O-])cs2)CC1. The van der Waals surface area contributed by atoms with Crippen LogP contribution < -0.4 is 0 Å². The maximum Gasteiger partial charge on any atom is 0.289 e. The minimum absolute atomic E-state index is 0.0217. The van der Waals surface area contributed by atoms with Crippen molar-refractivity contribution in [2.45, 2.75) is 18.8 Å². The molecule has 0 atom stereocenters. The molecule has 0 saturated carbocycles. The number of likely N-dealkylation sites (tertiary alicyclic amines) is 1. The maximum atomic E-state index is 13.0. The van der Waals surface area contributed by atoms with Gasteiger partial charge in [0.25, 0.3) is 17.3 Å². The standard InChI is InChI=1S/C25H20N4O6S/c30-25(23-10-9-22(35-23)18-6-2-4-8-21(18)29(33)34)27-13-11-16(12-14-27)24-26-19(15-36-24)17-5-1-3-7-20(17)28(31)32/h1-10,15-16H,11-14H2. The number of piperidine rings is 1. The molecule has 4 aromatic rings. The Morgan fingerprint density at radius 1 is 0.917 bits per heavy atom. The highest BCUT2D eigenvalue weighted by Gasteiger charge is 2.29. The van der Waals surface area contributed by atoms with Crippen molar-refractivity contribution in [3.63, 3.8) is 0 Å². The van der Waals surface area contributed by atoms with Crippen LogP contribution in [0.5, 0.6) is 0 Å². The molecular formula is C25H20N4O6S. The third-order valence-electron chi connectivity index (χ3n) is 6.21. The van der Waals surface area contributed by atoms with Crippen molar-refractivity contribution in [2.75, 3.05) is 13.1 Å². The van der Waals surface area contributed by atoms with Gasteiger partial charge in [0.05, 0.1) is 31.7 Å². The topological polar surface area (TPSA) is 133 Å². The van der Waals surface area contributed by atoms with E-state index in [0.717, 1.165) is 5.01 Å². The molecule has 182 valence electrons. The van der Waals surface area contributed by atoms with Crippen LogP contribution in [0.1, 0.15) is 34.3 Å². The lowest BCUT2D eigenvalue weighted by atomic mass is 9.97. The Hall–Kier alpha value is -4.38. The molecular weight excluding hydrogens is 484 g/mol. The number of hydrogen-bond acceptors (Lipinski definition) is 8. The fraction of sp³-hybridized carbons (Fsp3) is 0.200. The summed E-state index contributed by atoms with van der Waals surface area (Å²) in [7, 11) is 0. The number of nitro benzene ring substituents is 2. The molecule has 2 aromatic carbocycles. The Labute approximate surface area is 209 Å². The smallest absolute Gasteiger partial charge is 0.289 e. The first kappa shape index (κ1) is 23.4. The van der Waals surface area contributed by atoms with E-state index in [9.17, 15) is 25.0 Å². The van der Waals surface area contributed by atoms with Crippen molar-refractivity contribution in [1.29, 1.82) is 0 Å². The highest BCUT2D eigenvalue weighted by Crippen LogP contribution is 2.36. The summed E-state index contributed by atoms with van der Waals surface area (Å²) in [5, 5.41) is 25.4. The molecule has 10 nitrogen and oxygen atoms in total. The van der Waals surface area contributed by atoms with Gasteiger partial charge in [-0.25, -0.2) is 4.98 Å². The van der Waals surface area contributed by atoms with Gasteiger partial charge in [-0.3, -0.25) is 25.0 Å². The Morgan fingerprint density at radius 2 is 1.53 bits per heavy atom. The predicted octanol–water partition coefficient (Wildman–Crippen LogP) is 5.91. The minimum Gasteiger partial charge on any atom is -0.451 e. The van der Waals surface area contributed by atoms with Gasteiger partial charge >= 0.3 is 0 Å². The first-order valence-corrected chi connectivity index (χ1v) is 12.1. The fourth-order valence-corrected chi connectivity index (χ4v) is 5.36. The Bertz CT molecular complexity index is 1450. The second-order valence-corrected chi connectivity index (χ2v) is 9.24. The molecule has 1 amide bonds. The number of carbonyl (C=O) groups excluding carboxylic acids is 1. The molecule has 36 heavy (non-hydrogen) atoms. The summed E-state index contributed by atoms with van der Waals surface area (Å²) in [4.78, 5) is 41.2. The number of amides is 1. The molecule has 11 heteroatoms. The molecule has 0 unspecified atom stereocenters. The third-order valence-corrected chi connectivity index (χ3v) is 7.22. The number of hydrogen-bond donors (Lipinski definition) is 0. The Morgan fingerprint density at radius 3 is 2.19 bits per heavy atom. The monoisotopic (exact) mass is 504 g/mol. The molecule has 1 aliphatic rings. The average Bonchev–Trinajstić information content (AvgIpc) is 3.59. The van der Waals surface area contributed by atoms with Crippen molar-refractivity contribution < 1.29 is 19.1 Å². The lowest BCUT2D eigenvalue weighted by molar-refractivity contribution is -0.384. The van der Waals surface area contributed by atoms with Crippen LogP contribution in [0.3, 0.4) is 0 Å². The molecule has 3 heterocycles. The third kappa shape index (κ3) is 4.48. The summed E-state index contributed by atoms with van der Waals surface area (Å²) in [5.74, 6) is 0.285. The van der Waals surface area contributed by atoms with E-state index in [1.807, 2.05) is 5.38 Å². The van der Waals surface area contributed by atoms with Gasteiger partial charge in [0.15, 0.2) is 5.76 Å². The number of thiazole rings is 1. The number of para-hydroxylation sites is 2. The van der Waals surface area contributed by atoms with Gasteiger partial charge in [-0.1, -0.05) is 24.3 Å². The van der Waals surface area contributed by atoms with E-state index < -0.39 is 9.85 Å². The molecule has 0 bridgehead atoms. The number of nitro groups is 2. The summed E-state index contributed by atoms with van der Waals surface area (Å²) in [5.41, 5.74) is 1.33. The highest BCUT2D eigenvalue weighted by atomic mass is 32.1. The second kappa shape index (κ2) is 9.70. The molecule has 0 N–H and O–H groups in total. The maximum absolute atomic E-state index is 13.0. The molecule has 1 saturated heterocycles. The van der Waals surface area contributed by atoms with Crippen molar-refractivity contribution in [3.8, 4) is 22.6 Å². The van der Waals surface area contributed by atoms with E-state index in [1.165, 1.54) is 23.5 Å². The van der Waals surface area contributed by atoms with Gasteiger partial charge in [-0.05, 0) is 37.1 Å². The second-order valence-electron chi connectivity index (χ2n) is 8.35. The van der Waals surface area contributed by atoms with E-state index >= 15 is 0 Å². The predicted molar refractivity (Wildman–Crippen MR) is 133 cm³/mol. The summed E-state index contributed by atoms with van der Waals surface area (Å²) < 4.78 is 5.71. The normalized spacial score (nSPS) is 14.1.